The molecular weight excluding hydrogens is 338 g/mol. The van der Waals surface area contributed by atoms with Gasteiger partial charge in [-0.25, -0.2) is 8.42 Å². The summed E-state index contributed by atoms with van der Waals surface area (Å²) in [4.78, 5) is 18.7. The molecule has 7 heteroatoms. The minimum atomic E-state index is -3.06. The largest absolute Gasteiger partial charge is 0.311 e. The van der Waals surface area contributed by atoms with Gasteiger partial charge in [0.15, 0.2) is 9.84 Å². The summed E-state index contributed by atoms with van der Waals surface area (Å²) in [6.07, 6.45) is 0.893. The van der Waals surface area contributed by atoms with E-state index in [9.17, 15) is 13.2 Å². The van der Waals surface area contributed by atoms with E-state index >= 15 is 0 Å². The summed E-state index contributed by atoms with van der Waals surface area (Å²) < 4.78 is 24.9. The summed E-state index contributed by atoms with van der Waals surface area (Å²) in [6.45, 7) is 2.20. The molecule has 0 radical (unpaired) electrons. The number of hydrogen-bond acceptors (Lipinski definition) is 5. The van der Waals surface area contributed by atoms with Crippen molar-refractivity contribution in [1.82, 2.24) is 9.80 Å². The maximum atomic E-state index is 12.8. The molecule has 2 saturated heterocycles. The number of carbonyl (C=O) groups is 1. The van der Waals surface area contributed by atoms with Gasteiger partial charge in [0.1, 0.15) is 0 Å². The number of fused-ring (bicyclic) bond motifs is 2. The van der Waals surface area contributed by atoms with E-state index in [4.69, 9.17) is 0 Å². The molecule has 3 atom stereocenters. The summed E-state index contributed by atoms with van der Waals surface area (Å²) in [7, 11) is 0.821. The Labute approximate surface area is 149 Å². The van der Waals surface area contributed by atoms with Crippen LogP contribution in [0.15, 0.2) is 24.3 Å². The van der Waals surface area contributed by atoms with Crippen molar-refractivity contribution in [3.8, 4) is 0 Å². The lowest BCUT2D eigenvalue weighted by atomic mass is 10.00. The SMILES string of the molecule is CN(C)[C@@H]1CS(=O)(=O)[C@H]2CN(CC(=O)N3CCc4ccccc43)C[C@@H]12. The van der Waals surface area contributed by atoms with Crippen LogP contribution in [0.1, 0.15) is 5.56 Å². The first-order valence-electron chi connectivity index (χ1n) is 8.85. The summed E-state index contributed by atoms with van der Waals surface area (Å²) in [5.41, 5.74) is 2.22. The zero-order valence-electron chi connectivity index (χ0n) is 14.8. The van der Waals surface area contributed by atoms with Crippen LogP contribution in [0.2, 0.25) is 0 Å². The average molecular weight is 363 g/mol. The Balaban J connectivity index is 1.46. The van der Waals surface area contributed by atoms with Gasteiger partial charge < -0.3 is 9.80 Å². The Morgan fingerprint density at radius 2 is 2.00 bits per heavy atom. The number of hydrogen-bond donors (Lipinski definition) is 0. The topological polar surface area (TPSA) is 60.9 Å². The van der Waals surface area contributed by atoms with Crippen LogP contribution in [0.25, 0.3) is 0 Å². The molecule has 0 aromatic heterocycles. The second-order valence-corrected chi connectivity index (χ2v) is 9.95. The minimum Gasteiger partial charge on any atom is -0.311 e. The van der Waals surface area contributed by atoms with Gasteiger partial charge in [-0.1, -0.05) is 18.2 Å². The van der Waals surface area contributed by atoms with Crippen molar-refractivity contribution in [2.75, 3.05) is 50.9 Å². The Hall–Kier alpha value is -1.44. The van der Waals surface area contributed by atoms with Crippen LogP contribution < -0.4 is 4.90 Å². The third kappa shape index (κ3) is 2.88. The van der Waals surface area contributed by atoms with Crippen LogP contribution in [-0.2, 0) is 21.1 Å². The van der Waals surface area contributed by atoms with Crippen molar-refractivity contribution in [2.45, 2.75) is 17.7 Å². The molecule has 1 amide bonds. The van der Waals surface area contributed by atoms with Gasteiger partial charge in [-0.2, -0.15) is 0 Å². The van der Waals surface area contributed by atoms with Gasteiger partial charge in [-0.05, 0) is 32.1 Å². The molecule has 1 aromatic rings. The predicted molar refractivity (Wildman–Crippen MR) is 97.5 cm³/mol. The molecule has 4 rings (SSSR count). The van der Waals surface area contributed by atoms with Gasteiger partial charge in [0.25, 0.3) is 0 Å². The lowest BCUT2D eigenvalue weighted by Gasteiger charge is -2.26. The summed E-state index contributed by atoms with van der Waals surface area (Å²) in [5.74, 6) is 0.429. The van der Waals surface area contributed by atoms with Crippen LogP contribution in [0, 0.1) is 5.92 Å². The third-order valence-electron chi connectivity index (χ3n) is 5.95. The number of sulfone groups is 1. The fraction of sp³-hybridized carbons (Fsp3) is 0.611. The molecule has 0 aliphatic carbocycles. The van der Waals surface area contributed by atoms with Gasteiger partial charge >= 0.3 is 0 Å². The molecule has 0 N–H and O–H groups in total. The molecule has 25 heavy (non-hydrogen) atoms. The second-order valence-electron chi connectivity index (χ2n) is 7.68. The number of amides is 1. The fourth-order valence-corrected chi connectivity index (χ4v) is 7.16. The van der Waals surface area contributed by atoms with Gasteiger partial charge in [0.2, 0.25) is 5.91 Å². The fourth-order valence-electron chi connectivity index (χ4n) is 4.65. The first kappa shape index (κ1) is 17.0. The zero-order valence-corrected chi connectivity index (χ0v) is 15.6. The smallest absolute Gasteiger partial charge is 0.241 e. The Morgan fingerprint density at radius 1 is 1.24 bits per heavy atom. The Bertz CT molecular complexity index is 793. The van der Waals surface area contributed by atoms with E-state index in [0.29, 0.717) is 19.6 Å². The van der Waals surface area contributed by atoms with E-state index in [0.717, 1.165) is 18.7 Å². The minimum absolute atomic E-state index is 0.0580. The maximum absolute atomic E-state index is 12.8. The lowest BCUT2D eigenvalue weighted by Crippen LogP contribution is -2.41. The summed E-state index contributed by atoms with van der Waals surface area (Å²) in [6, 6.07) is 8.07. The van der Waals surface area contributed by atoms with Crippen molar-refractivity contribution >= 4 is 21.4 Å². The number of para-hydroxylation sites is 1. The lowest BCUT2D eigenvalue weighted by molar-refractivity contribution is -0.119. The van der Waals surface area contributed by atoms with E-state index in [2.05, 4.69) is 6.07 Å². The van der Waals surface area contributed by atoms with Gasteiger partial charge in [0, 0.05) is 37.3 Å². The second kappa shape index (κ2) is 6.07. The van der Waals surface area contributed by atoms with E-state index in [1.54, 1.807) is 0 Å². The number of carbonyl (C=O) groups excluding carboxylic acids is 1. The molecule has 0 saturated carbocycles. The molecule has 2 fully saturated rings. The highest BCUT2D eigenvalue weighted by atomic mass is 32.2. The van der Waals surface area contributed by atoms with E-state index in [-0.39, 0.29) is 28.9 Å². The molecule has 1 aromatic carbocycles. The van der Waals surface area contributed by atoms with Crippen molar-refractivity contribution < 1.29 is 13.2 Å². The van der Waals surface area contributed by atoms with Crippen LogP contribution in [0.3, 0.4) is 0 Å². The standard InChI is InChI=1S/C18H25N3O3S/c1-19(2)16-12-25(23,24)17-10-20(9-14(16)17)11-18(22)21-8-7-13-5-3-4-6-15(13)21/h3-6,14,16-17H,7-12H2,1-2H3/t14-,16+,17-/m0/s1. The van der Waals surface area contributed by atoms with Crippen LogP contribution in [0.4, 0.5) is 5.69 Å². The van der Waals surface area contributed by atoms with Crippen molar-refractivity contribution in [3.05, 3.63) is 29.8 Å². The first-order valence-corrected chi connectivity index (χ1v) is 10.6. The summed E-state index contributed by atoms with van der Waals surface area (Å²) in [5, 5.41) is -0.321. The number of rotatable bonds is 3. The molecule has 3 aliphatic rings. The first-order chi connectivity index (χ1) is 11.9. The average Bonchev–Trinajstić information content (AvgIpc) is 3.21. The number of nitrogens with zero attached hydrogens (tertiary/aromatic N) is 3. The van der Waals surface area contributed by atoms with Gasteiger partial charge in [-0.3, -0.25) is 9.69 Å². The summed E-state index contributed by atoms with van der Waals surface area (Å²) >= 11 is 0. The molecule has 3 heterocycles. The third-order valence-corrected chi connectivity index (χ3v) is 8.18. The zero-order chi connectivity index (χ0) is 17.8. The van der Waals surface area contributed by atoms with Crippen molar-refractivity contribution in [3.63, 3.8) is 0 Å². The number of anilines is 1. The van der Waals surface area contributed by atoms with Gasteiger partial charge in [0.05, 0.1) is 17.5 Å². The molecule has 136 valence electrons. The highest BCUT2D eigenvalue weighted by molar-refractivity contribution is 7.92. The predicted octanol–water partition coefficient (Wildman–Crippen LogP) is 0.235. The number of likely N-dealkylation sites (tertiary alicyclic amines) is 1. The number of benzene rings is 1. The van der Waals surface area contributed by atoms with Crippen molar-refractivity contribution in [2.24, 2.45) is 5.92 Å². The van der Waals surface area contributed by atoms with E-state index in [1.165, 1.54) is 5.56 Å². The Morgan fingerprint density at radius 3 is 2.76 bits per heavy atom. The molecule has 0 bridgehead atoms. The quantitative estimate of drug-likeness (QED) is 0.770. The molecular formula is C18H25N3O3S. The Kier molecular flexibility index (Phi) is 4.13. The van der Waals surface area contributed by atoms with E-state index in [1.807, 2.05) is 47.0 Å². The molecule has 0 unspecified atom stereocenters. The molecule has 0 spiro atoms. The highest BCUT2D eigenvalue weighted by Gasteiger charge is 2.52. The van der Waals surface area contributed by atoms with Crippen molar-refractivity contribution in [1.29, 1.82) is 0 Å². The molecule has 3 aliphatic heterocycles. The monoisotopic (exact) mass is 363 g/mol. The van der Waals surface area contributed by atoms with Crippen LogP contribution in [0.5, 0.6) is 0 Å². The van der Waals surface area contributed by atoms with E-state index < -0.39 is 9.84 Å². The molecule has 6 nitrogen and oxygen atoms in total. The highest BCUT2D eigenvalue weighted by Crippen LogP contribution is 2.36. The van der Waals surface area contributed by atoms with Crippen LogP contribution in [-0.4, -0.2) is 81.4 Å². The van der Waals surface area contributed by atoms with Crippen LogP contribution >= 0.6 is 0 Å². The normalized spacial score (nSPS) is 30.7. The maximum Gasteiger partial charge on any atom is 0.241 e. The van der Waals surface area contributed by atoms with Gasteiger partial charge in [-0.15, -0.1) is 0 Å².